The molecule has 0 N–H and O–H groups in total. The summed E-state index contributed by atoms with van der Waals surface area (Å²) in [6.07, 6.45) is 7.51. The first kappa shape index (κ1) is 29.6. The smallest absolute Gasteiger partial charge is 0.245 e. The molecule has 6 aromatic carbocycles. The first-order chi connectivity index (χ1) is 27.8. The van der Waals surface area contributed by atoms with E-state index in [1.54, 1.807) is 12.4 Å². The number of aromatic nitrogens is 6. The van der Waals surface area contributed by atoms with Gasteiger partial charge >= 0.3 is 0 Å². The topological polar surface area (TPSA) is 86.7 Å². The predicted molar refractivity (Wildman–Crippen MR) is 226 cm³/mol. The average Bonchev–Trinajstić information content (AvgIpc) is 4.05. The monoisotopic (exact) mass is 718 g/mol. The Kier molecular flexibility index (Phi) is 5.74. The van der Waals surface area contributed by atoms with Crippen LogP contribution in [0.3, 0.4) is 0 Å². The minimum Gasteiger partial charge on any atom is -0.337 e. The molecule has 13 aromatic heterocycles. The van der Waals surface area contributed by atoms with Crippen molar-refractivity contribution in [2.75, 3.05) is 0 Å². The van der Waals surface area contributed by atoms with Gasteiger partial charge in [0.2, 0.25) is 11.4 Å². The molecule has 0 unspecified atom stereocenters. The van der Waals surface area contributed by atoms with Crippen LogP contribution in [-0.2, 0) is 0 Å². The van der Waals surface area contributed by atoms with Crippen LogP contribution in [0, 0.1) is 0 Å². The van der Waals surface area contributed by atoms with Crippen molar-refractivity contribution in [2.45, 2.75) is 0 Å². The van der Waals surface area contributed by atoms with E-state index >= 15 is 0 Å². The van der Waals surface area contributed by atoms with Gasteiger partial charge < -0.3 is 9.05 Å². The van der Waals surface area contributed by atoms with Crippen molar-refractivity contribution in [3.8, 4) is 0 Å². The molecule has 8 nitrogen and oxygen atoms in total. The van der Waals surface area contributed by atoms with E-state index in [0.717, 1.165) is 97.7 Å². The quantitative estimate of drug-likeness (QED) is 0.155. The van der Waals surface area contributed by atoms with Gasteiger partial charge in [-0.15, -0.1) is 0 Å². The molecule has 8 heteroatoms. The molecule has 0 atom stereocenters. The highest BCUT2D eigenvalue weighted by Crippen LogP contribution is 2.37. The van der Waals surface area contributed by atoms with E-state index in [0.29, 0.717) is 11.4 Å². The Morgan fingerprint density at radius 3 is 1.14 bits per heavy atom. The number of hydrogen-bond acceptors (Lipinski definition) is 6. The summed E-state index contributed by atoms with van der Waals surface area (Å²) < 4.78 is 16.0. The molecule has 56 heavy (non-hydrogen) atoms. The zero-order chi connectivity index (χ0) is 36.5. The van der Waals surface area contributed by atoms with Gasteiger partial charge in [0.15, 0.2) is 0 Å². The van der Waals surface area contributed by atoms with E-state index in [1.165, 1.54) is 10.8 Å². The molecule has 12 bridgehead atoms. The lowest BCUT2D eigenvalue weighted by molar-refractivity contribution is 0.447. The first-order valence-corrected chi connectivity index (χ1v) is 18.5. The minimum absolute atomic E-state index is 0.656. The first-order valence-electron chi connectivity index (χ1n) is 18.5. The van der Waals surface area contributed by atoms with Crippen LogP contribution in [0.4, 0.5) is 0 Å². The molecule has 0 aliphatic carbocycles. The van der Waals surface area contributed by atoms with Crippen LogP contribution in [-0.4, -0.2) is 29.1 Å². The molecule has 0 aliphatic heterocycles. The van der Waals surface area contributed by atoms with Gasteiger partial charge in [0.05, 0.1) is 34.2 Å². The predicted octanol–water partition coefficient (Wildman–Crippen LogP) is 12.2. The molecule has 0 saturated heterocycles. The number of rotatable bonds is 0. The Balaban J connectivity index is 1.26. The number of pyridine rings is 2. The summed E-state index contributed by atoms with van der Waals surface area (Å²) in [5, 5.41) is 25.5. The lowest BCUT2D eigenvalue weighted by Gasteiger charge is -2.07. The Morgan fingerprint density at radius 2 is 0.732 bits per heavy atom. The van der Waals surface area contributed by atoms with Gasteiger partial charge in [-0.1, -0.05) is 107 Å². The fourth-order valence-electron chi connectivity index (χ4n) is 9.02. The highest BCUT2D eigenvalue weighted by atomic mass is 16.5. The third kappa shape index (κ3) is 3.96. The summed E-state index contributed by atoms with van der Waals surface area (Å²) in [7, 11) is 0. The van der Waals surface area contributed by atoms with E-state index in [1.807, 2.05) is 12.4 Å². The molecule has 19 aromatic rings. The molecule has 0 saturated carbocycles. The molecular weight excluding hydrogens is 693 g/mol. The van der Waals surface area contributed by atoms with Gasteiger partial charge in [0.1, 0.15) is 11.3 Å². The van der Waals surface area contributed by atoms with Crippen LogP contribution in [0.1, 0.15) is 0 Å². The normalized spacial score (nSPS) is 12.3. The van der Waals surface area contributed by atoms with Crippen molar-refractivity contribution in [2.24, 2.45) is 0 Å². The number of benzene rings is 6. The van der Waals surface area contributed by atoms with Crippen LogP contribution in [0.5, 0.6) is 0 Å². The van der Waals surface area contributed by atoms with E-state index in [2.05, 4.69) is 153 Å². The lowest BCUT2D eigenvalue weighted by Crippen LogP contribution is -1.88. The van der Waals surface area contributed by atoms with E-state index in [4.69, 9.17) is 19.0 Å². The fraction of sp³-hybridized carbons (Fsp3) is 0. The third-order valence-corrected chi connectivity index (χ3v) is 11.6. The molecule has 0 spiro atoms. The van der Waals surface area contributed by atoms with Crippen molar-refractivity contribution < 1.29 is 9.05 Å². The van der Waals surface area contributed by atoms with Gasteiger partial charge in [0, 0.05) is 33.9 Å². The largest absolute Gasteiger partial charge is 0.337 e. The zero-order valence-corrected chi connectivity index (χ0v) is 29.5. The van der Waals surface area contributed by atoms with Gasteiger partial charge in [0.25, 0.3) is 0 Å². The molecule has 0 amide bonds. The van der Waals surface area contributed by atoms with Gasteiger partial charge in [-0.2, -0.15) is 0 Å². The Hall–Kier alpha value is -7.84. The minimum atomic E-state index is 0.656. The maximum Gasteiger partial charge on any atom is 0.245 e. The van der Waals surface area contributed by atoms with Crippen LogP contribution in [0.25, 0.3) is 120 Å². The standard InChI is InChI=1S/C48H26N6O2/c1-5-29-6-2-10-36-28-15-19-34(20-16-28)54-46-40(42-26-52-56-48(42)54)22-32(24-50-46)38-12-4-8-30-7-3-11-37(44(30)38)31-21-39-41-25-51-55-47(41)53(45(39)49-23-31)33-17-13-27(14-18-33)35(9-1)43(29)36/h1-26H. The second kappa shape index (κ2) is 10.9. The van der Waals surface area contributed by atoms with Crippen molar-refractivity contribution in [3.05, 3.63) is 158 Å². The Labute approximate surface area is 315 Å². The molecule has 260 valence electrons. The SMILES string of the molecule is c1cc2cccc3c4ccc(cc4)n4c5ncc(cc5c5cnoc54)c4cccc5cccc(c6cnc7c(c6)c6cnoc6n7c6ccc(cc6)c(c1)c23)c54. The van der Waals surface area contributed by atoms with Crippen LogP contribution in [0.15, 0.2) is 167 Å². The molecule has 0 radical (unpaired) electrons. The second-order valence-corrected chi connectivity index (χ2v) is 14.5. The third-order valence-electron chi connectivity index (χ3n) is 11.6. The molecule has 13 heterocycles. The number of hydrogen-bond donors (Lipinski definition) is 0. The Bertz CT molecular complexity index is 3670. The molecule has 0 fully saturated rings. The van der Waals surface area contributed by atoms with Crippen LogP contribution in [0.2, 0.25) is 0 Å². The fourth-order valence-corrected chi connectivity index (χ4v) is 9.02. The van der Waals surface area contributed by atoms with Crippen LogP contribution >= 0.6 is 0 Å². The Morgan fingerprint density at radius 1 is 0.339 bits per heavy atom. The van der Waals surface area contributed by atoms with Gasteiger partial charge in [-0.25, -0.2) is 9.97 Å². The average molecular weight is 719 g/mol. The van der Waals surface area contributed by atoms with Crippen molar-refractivity contribution >= 4 is 120 Å². The zero-order valence-electron chi connectivity index (χ0n) is 29.5. The maximum atomic E-state index is 5.93. The summed E-state index contributed by atoms with van der Waals surface area (Å²) in [6, 6.07) is 47.6. The molecule has 0 aliphatic rings. The summed E-state index contributed by atoms with van der Waals surface area (Å²) in [5.41, 5.74) is 4.81. The maximum absolute atomic E-state index is 5.93. The molecule has 19 rings (SSSR count). The number of fused-ring (bicyclic) bond motifs is 2. The highest BCUT2D eigenvalue weighted by molar-refractivity contribution is 6.22. The van der Waals surface area contributed by atoms with Crippen molar-refractivity contribution in [1.29, 1.82) is 0 Å². The summed E-state index contributed by atoms with van der Waals surface area (Å²) in [6.45, 7) is 0. The van der Waals surface area contributed by atoms with Crippen LogP contribution < -0.4 is 0 Å². The van der Waals surface area contributed by atoms with Crippen molar-refractivity contribution in [3.63, 3.8) is 0 Å². The van der Waals surface area contributed by atoms with Gasteiger partial charge in [-0.3, -0.25) is 8.80 Å². The molecular formula is C48H26N6O2. The van der Waals surface area contributed by atoms with Gasteiger partial charge in [-0.05, 0) is 90.3 Å². The number of nitrogens with zero attached hydrogens (tertiary/aromatic N) is 6. The summed E-state index contributed by atoms with van der Waals surface area (Å²) in [4.78, 5) is 10.3. The second-order valence-electron chi connectivity index (χ2n) is 14.5. The van der Waals surface area contributed by atoms with E-state index in [-0.39, 0.29) is 0 Å². The summed E-state index contributed by atoms with van der Waals surface area (Å²) in [5.74, 6) is 0. The highest BCUT2D eigenvalue weighted by Gasteiger charge is 2.17. The van der Waals surface area contributed by atoms with Crippen molar-refractivity contribution in [1.82, 2.24) is 29.1 Å². The van der Waals surface area contributed by atoms with E-state index < -0.39 is 0 Å². The van der Waals surface area contributed by atoms with E-state index in [9.17, 15) is 0 Å². The lowest BCUT2D eigenvalue weighted by atomic mass is 9.99. The summed E-state index contributed by atoms with van der Waals surface area (Å²) >= 11 is 0.